The fourth-order valence-electron chi connectivity index (χ4n) is 2.64. The van der Waals surface area contributed by atoms with Gasteiger partial charge in [-0.3, -0.25) is 4.79 Å². The van der Waals surface area contributed by atoms with Crippen LogP contribution in [-0.4, -0.2) is 13.0 Å². The molecule has 1 aliphatic carbocycles. The van der Waals surface area contributed by atoms with Gasteiger partial charge in [0.05, 0.1) is 19.1 Å². The van der Waals surface area contributed by atoms with Crippen LogP contribution < -0.4 is 10.1 Å². The summed E-state index contributed by atoms with van der Waals surface area (Å²) < 4.78 is 5.20. The number of piperidine rings is 1. The van der Waals surface area contributed by atoms with Gasteiger partial charge in [-0.15, -0.1) is 0 Å². The molecule has 1 aromatic rings. The molecule has 1 saturated heterocycles. The summed E-state index contributed by atoms with van der Waals surface area (Å²) in [7, 11) is 1.67. The lowest BCUT2D eigenvalue weighted by atomic mass is 9.75. The Labute approximate surface area is 88.4 Å². The quantitative estimate of drug-likeness (QED) is 0.755. The molecule has 3 nitrogen and oxygen atoms in total. The number of hydrogen-bond acceptors (Lipinski definition) is 2. The van der Waals surface area contributed by atoms with Gasteiger partial charge in [0.2, 0.25) is 5.91 Å². The molecule has 2 bridgehead atoms. The molecule has 3 heteroatoms. The smallest absolute Gasteiger partial charge is 0.228 e. The Balaban J connectivity index is 2.13. The lowest BCUT2D eigenvalue weighted by Gasteiger charge is -2.38. The molecule has 78 valence electrons. The van der Waals surface area contributed by atoms with E-state index < -0.39 is 0 Å². The second-order valence-electron chi connectivity index (χ2n) is 4.19. The maximum Gasteiger partial charge on any atom is 0.228 e. The number of fused-ring (bicyclic) bond motifs is 2. The van der Waals surface area contributed by atoms with Gasteiger partial charge in [0.15, 0.2) is 0 Å². The molecule has 15 heavy (non-hydrogen) atoms. The van der Waals surface area contributed by atoms with Crippen molar-refractivity contribution >= 4 is 5.91 Å². The molecular formula is C12H13NO2. The maximum absolute atomic E-state index is 11.6. The Morgan fingerprint density at radius 1 is 1.33 bits per heavy atom. The number of methoxy groups -OCH3 is 1. The van der Waals surface area contributed by atoms with Crippen LogP contribution in [0.3, 0.4) is 0 Å². The Hall–Kier alpha value is -1.51. The topological polar surface area (TPSA) is 38.3 Å². The van der Waals surface area contributed by atoms with E-state index in [4.69, 9.17) is 4.74 Å². The first-order valence-corrected chi connectivity index (χ1v) is 5.28. The molecule has 2 aliphatic heterocycles. The van der Waals surface area contributed by atoms with E-state index >= 15 is 0 Å². The van der Waals surface area contributed by atoms with Gasteiger partial charge in [-0.25, -0.2) is 0 Å². The van der Waals surface area contributed by atoms with Gasteiger partial charge in [-0.2, -0.15) is 0 Å². The minimum atomic E-state index is 0.0657. The van der Waals surface area contributed by atoms with E-state index in [2.05, 4.69) is 5.32 Å². The minimum Gasteiger partial charge on any atom is -0.497 e. The summed E-state index contributed by atoms with van der Waals surface area (Å²) in [6.45, 7) is 0. The summed E-state index contributed by atoms with van der Waals surface area (Å²) in [5, 5.41) is 3.03. The zero-order chi connectivity index (χ0) is 10.4. The van der Waals surface area contributed by atoms with E-state index in [9.17, 15) is 4.79 Å². The number of carbonyl (C=O) groups excluding carboxylic acids is 1. The van der Waals surface area contributed by atoms with E-state index in [0.717, 1.165) is 18.6 Å². The second-order valence-corrected chi connectivity index (χ2v) is 4.19. The van der Waals surface area contributed by atoms with Gasteiger partial charge in [-0.1, -0.05) is 6.07 Å². The lowest BCUT2D eigenvalue weighted by Crippen LogP contribution is -2.43. The summed E-state index contributed by atoms with van der Waals surface area (Å²) in [6.07, 6.45) is 2.03. The summed E-state index contributed by atoms with van der Waals surface area (Å²) in [5.41, 5.74) is 2.43. The molecule has 0 spiro atoms. The Kier molecular flexibility index (Phi) is 1.75. The van der Waals surface area contributed by atoms with Crippen molar-refractivity contribution in [1.82, 2.24) is 5.32 Å². The summed E-state index contributed by atoms with van der Waals surface area (Å²) in [4.78, 5) is 11.6. The van der Waals surface area contributed by atoms with Crippen molar-refractivity contribution in [2.24, 2.45) is 0 Å². The molecule has 4 rings (SSSR count). The number of ether oxygens (including phenoxy) is 1. The summed E-state index contributed by atoms with van der Waals surface area (Å²) in [6, 6.07) is 6.22. The van der Waals surface area contributed by atoms with Crippen LogP contribution in [-0.2, 0) is 4.79 Å². The monoisotopic (exact) mass is 203 g/mol. The predicted octanol–water partition coefficient (Wildman–Crippen LogP) is 1.74. The molecule has 1 N–H and O–H groups in total. The second kappa shape index (κ2) is 2.99. The van der Waals surface area contributed by atoms with Crippen LogP contribution in [0.2, 0.25) is 0 Å². The zero-order valence-corrected chi connectivity index (χ0v) is 8.62. The summed E-state index contributed by atoms with van der Waals surface area (Å²) >= 11 is 0. The molecule has 0 aromatic heterocycles. The van der Waals surface area contributed by atoms with Crippen molar-refractivity contribution in [2.45, 2.75) is 24.8 Å². The molecule has 0 radical (unpaired) electrons. The van der Waals surface area contributed by atoms with Crippen molar-refractivity contribution < 1.29 is 9.53 Å². The van der Waals surface area contributed by atoms with Crippen LogP contribution in [0, 0.1) is 0 Å². The zero-order valence-electron chi connectivity index (χ0n) is 8.62. The SMILES string of the molecule is COc1ccc2c(c1)C1CCC2C(=O)N1. The van der Waals surface area contributed by atoms with E-state index in [1.807, 2.05) is 18.2 Å². The van der Waals surface area contributed by atoms with Gasteiger partial charge in [-0.05, 0) is 36.1 Å². The molecule has 2 heterocycles. The fourth-order valence-corrected chi connectivity index (χ4v) is 2.64. The Morgan fingerprint density at radius 2 is 2.20 bits per heavy atom. The average molecular weight is 203 g/mol. The van der Waals surface area contributed by atoms with E-state index in [1.165, 1.54) is 11.1 Å². The minimum absolute atomic E-state index is 0.0657. The highest BCUT2D eigenvalue weighted by Gasteiger charge is 2.38. The van der Waals surface area contributed by atoms with E-state index in [0.29, 0.717) is 0 Å². The number of nitrogens with one attached hydrogen (secondary N) is 1. The van der Waals surface area contributed by atoms with Crippen molar-refractivity contribution in [3.8, 4) is 5.75 Å². The first kappa shape index (κ1) is 8.77. The molecule has 2 unspecified atom stereocenters. The first-order chi connectivity index (χ1) is 7.29. The van der Waals surface area contributed by atoms with Crippen LogP contribution in [0.1, 0.15) is 35.9 Å². The van der Waals surface area contributed by atoms with Crippen LogP contribution in [0.15, 0.2) is 18.2 Å². The summed E-state index contributed by atoms with van der Waals surface area (Å²) in [5.74, 6) is 1.12. The Morgan fingerprint density at radius 3 is 2.93 bits per heavy atom. The third-order valence-corrected chi connectivity index (χ3v) is 3.42. The van der Waals surface area contributed by atoms with E-state index in [1.54, 1.807) is 7.11 Å². The Bertz CT molecular complexity index is 428. The van der Waals surface area contributed by atoms with E-state index in [-0.39, 0.29) is 17.9 Å². The largest absolute Gasteiger partial charge is 0.497 e. The van der Waals surface area contributed by atoms with Crippen LogP contribution in [0.25, 0.3) is 0 Å². The number of benzene rings is 1. The number of hydrogen-bond donors (Lipinski definition) is 1. The standard InChI is InChI=1S/C12H13NO2/c1-15-7-2-3-8-9-4-5-11(10(8)6-7)13-12(9)14/h2-3,6,9,11H,4-5H2,1H3,(H,13,14). The molecule has 2 atom stereocenters. The maximum atomic E-state index is 11.6. The third kappa shape index (κ3) is 1.16. The predicted molar refractivity (Wildman–Crippen MR) is 55.9 cm³/mol. The van der Waals surface area contributed by atoms with Crippen LogP contribution in [0.4, 0.5) is 0 Å². The molecule has 1 fully saturated rings. The highest BCUT2D eigenvalue weighted by molar-refractivity contribution is 5.87. The van der Waals surface area contributed by atoms with Crippen molar-refractivity contribution in [2.75, 3.05) is 7.11 Å². The average Bonchev–Trinajstić information content (AvgIpc) is 2.29. The highest BCUT2D eigenvalue weighted by atomic mass is 16.5. The van der Waals surface area contributed by atoms with Crippen molar-refractivity contribution in [3.63, 3.8) is 0 Å². The normalized spacial score (nSPS) is 27.1. The number of carbonyl (C=O) groups is 1. The highest BCUT2D eigenvalue weighted by Crippen LogP contribution is 2.43. The molecule has 3 aliphatic rings. The van der Waals surface area contributed by atoms with Gasteiger partial charge in [0.1, 0.15) is 5.75 Å². The lowest BCUT2D eigenvalue weighted by molar-refractivity contribution is -0.125. The van der Waals surface area contributed by atoms with Crippen LogP contribution >= 0.6 is 0 Å². The molecular weight excluding hydrogens is 190 g/mol. The first-order valence-electron chi connectivity index (χ1n) is 5.28. The van der Waals surface area contributed by atoms with Gasteiger partial charge in [0.25, 0.3) is 0 Å². The molecule has 0 saturated carbocycles. The number of amides is 1. The van der Waals surface area contributed by atoms with Crippen molar-refractivity contribution in [3.05, 3.63) is 29.3 Å². The van der Waals surface area contributed by atoms with Crippen molar-refractivity contribution in [1.29, 1.82) is 0 Å². The van der Waals surface area contributed by atoms with Gasteiger partial charge in [0, 0.05) is 0 Å². The van der Waals surface area contributed by atoms with Crippen LogP contribution in [0.5, 0.6) is 5.75 Å². The van der Waals surface area contributed by atoms with Gasteiger partial charge >= 0.3 is 0 Å². The fraction of sp³-hybridized carbons (Fsp3) is 0.417. The molecule has 1 amide bonds. The third-order valence-electron chi connectivity index (χ3n) is 3.42. The number of rotatable bonds is 1. The van der Waals surface area contributed by atoms with Gasteiger partial charge < -0.3 is 10.1 Å². The molecule has 1 aromatic carbocycles.